The highest BCUT2D eigenvalue weighted by Gasteiger charge is 2.23. The molecule has 3 heteroatoms. The van der Waals surface area contributed by atoms with Gasteiger partial charge < -0.3 is 5.32 Å². The number of rotatable bonds is 8. The first kappa shape index (κ1) is 19.8. The van der Waals surface area contributed by atoms with E-state index in [4.69, 9.17) is 0 Å². The van der Waals surface area contributed by atoms with Gasteiger partial charge in [-0.3, -0.25) is 4.21 Å². The lowest BCUT2D eigenvalue weighted by atomic mass is 10.1. The summed E-state index contributed by atoms with van der Waals surface area (Å²) in [5.74, 6) is 0. The molecule has 0 aliphatic carbocycles. The Bertz CT molecular complexity index is 933. The van der Waals surface area contributed by atoms with Crippen molar-refractivity contribution in [3.05, 3.63) is 115 Å². The van der Waals surface area contributed by atoms with Gasteiger partial charge in [-0.05, 0) is 36.8 Å². The third kappa shape index (κ3) is 5.30. The molecule has 0 aliphatic rings. The number of hydrogen-bond donors (Lipinski definition) is 1. The van der Waals surface area contributed by atoms with Gasteiger partial charge in [0.2, 0.25) is 0 Å². The predicted octanol–water partition coefficient (Wildman–Crippen LogP) is 5.85. The maximum absolute atomic E-state index is 13.3. The molecule has 0 saturated carbocycles. The average Bonchev–Trinajstić information content (AvgIpc) is 2.74. The van der Waals surface area contributed by atoms with Crippen LogP contribution in [0.1, 0.15) is 11.1 Å². The van der Waals surface area contributed by atoms with E-state index in [2.05, 4.69) is 36.2 Å². The first-order chi connectivity index (χ1) is 13.7. The summed E-state index contributed by atoms with van der Waals surface area (Å²) in [6, 6.07) is 27.8. The van der Waals surface area contributed by atoms with Crippen LogP contribution < -0.4 is 5.32 Å². The third-order valence-corrected chi connectivity index (χ3v) is 6.21. The smallest absolute Gasteiger partial charge is 0.0809 e. The van der Waals surface area contributed by atoms with E-state index in [1.54, 1.807) is 6.08 Å². The summed E-state index contributed by atoms with van der Waals surface area (Å²) >= 11 is 0. The van der Waals surface area contributed by atoms with E-state index >= 15 is 0 Å². The van der Waals surface area contributed by atoms with Crippen LogP contribution in [0.4, 0.5) is 5.69 Å². The van der Waals surface area contributed by atoms with Gasteiger partial charge in [0.1, 0.15) is 0 Å². The minimum absolute atomic E-state index is 0.165. The fourth-order valence-corrected chi connectivity index (χ4v) is 4.26. The van der Waals surface area contributed by atoms with Gasteiger partial charge in [0.25, 0.3) is 0 Å². The minimum Gasteiger partial charge on any atom is -0.377 e. The monoisotopic (exact) mass is 387 g/mol. The largest absolute Gasteiger partial charge is 0.377 e. The van der Waals surface area contributed by atoms with Crippen LogP contribution in [-0.2, 0) is 10.8 Å². The van der Waals surface area contributed by atoms with Crippen LogP contribution in [0.2, 0.25) is 0 Å². The number of hydrogen-bond acceptors (Lipinski definition) is 2. The number of anilines is 1. The van der Waals surface area contributed by atoms with Crippen molar-refractivity contribution in [3.63, 3.8) is 0 Å². The molecule has 3 aromatic rings. The molecule has 0 saturated heterocycles. The Hall–Kier alpha value is -2.91. The first-order valence-electron chi connectivity index (χ1n) is 9.32. The number of para-hydroxylation sites is 1. The number of benzene rings is 3. The van der Waals surface area contributed by atoms with Crippen LogP contribution in [-0.4, -0.2) is 15.5 Å². The Kier molecular flexibility index (Phi) is 6.99. The highest BCUT2D eigenvalue weighted by molar-refractivity contribution is 7.86. The van der Waals surface area contributed by atoms with Gasteiger partial charge in [-0.15, -0.1) is 6.58 Å². The lowest BCUT2D eigenvalue weighted by molar-refractivity contribution is 0.673. The summed E-state index contributed by atoms with van der Waals surface area (Å²) in [5, 5.41) is 3.24. The van der Waals surface area contributed by atoms with E-state index in [9.17, 15) is 4.21 Å². The van der Waals surface area contributed by atoms with Gasteiger partial charge in [-0.25, -0.2) is 0 Å². The van der Waals surface area contributed by atoms with Crippen LogP contribution in [0, 0.1) is 6.92 Å². The summed E-state index contributed by atoms with van der Waals surface area (Å²) in [7, 11) is -1.22. The lowest BCUT2D eigenvalue weighted by Gasteiger charge is -2.24. The van der Waals surface area contributed by atoms with Crippen molar-refractivity contribution in [2.75, 3.05) is 5.32 Å². The summed E-state index contributed by atoms with van der Waals surface area (Å²) in [6.07, 6.45) is 5.91. The molecule has 0 amide bonds. The van der Waals surface area contributed by atoms with Gasteiger partial charge >= 0.3 is 0 Å². The third-order valence-electron chi connectivity index (χ3n) is 4.49. The van der Waals surface area contributed by atoms with Gasteiger partial charge in [-0.1, -0.05) is 84.5 Å². The molecule has 0 unspecified atom stereocenters. The van der Waals surface area contributed by atoms with Crippen molar-refractivity contribution in [2.45, 2.75) is 23.1 Å². The van der Waals surface area contributed by atoms with Crippen LogP contribution in [0.3, 0.4) is 0 Å². The molecule has 0 aromatic heterocycles. The SMILES string of the molecule is C=C[C@@H]([C@H](/C=C/c1ccccc1)Nc1ccccc1)[S@@](=O)c1ccc(C)cc1. The maximum atomic E-state index is 13.3. The topological polar surface area (TPSA) is 29.1 Å². The highest BCUT2D eigenvalue weighted by atomic mass is 32.2. The van der Waals surface area contributed by atoms with Crippen molar-refractivity contribution in [1.82, 2.24) is 0 Å². The molecule has 3 rings (SSSR count). The zero-order chi connectivity index (χ0) is 19.8. The lowest BCUT2D eigenvalue weighted by Crippen LogP contribution is -2.33. The zero-order valence-corrected chi connectivity index (χ0v) is 16.8. The van der Waals surface area contributed by atoms with Crippen LogP contribution in [0.15, 0.2) is 109 Å². The van der Waals surface area contributed by atoms with Gasteiger partial charge in [0, 0.05) is 10.6 Å². The van der Waals surface area contributed by atoms with Crippen molar-refractivity contribution in [1.29, 1.82) is 0 Å². The summed E-state index contributed by atoms with van der Waals surface area (Å²) in [5.41, 5.74) is 3.24. The van der Waals surface area contributed by atoms with E-state index in [0.29, 0.717) is 0 Å². The zero-order valence-electron chi connectivity index (χ0n) is 16.0. The molecule has 0 heterocycles. The summed E-state index contributed by atoms with van der Waals surface area (Å²) in [4.78, 5) is 0.809. The molecule has 2 nitrogen and oxygen atoms in total. The van der Waals surface area contributed by atoms with E-state index < -0.39 is 10.8 Å². The van der Waals surface area contributed by atoms with E-state index in [1.807, 2.05) is 79.7 Å². The van der Waals surface area contributed by atoms with E-state index in [1.165, 1.54) is 0 Å². The van der Waals surface area contributed by atoms with Crippen molar-refractivity contribution >= 4 is 22.6 Å². The molecule has 0 spiro atoms. The van der Waals surface area contributed by atoms with Gasteiger partial charge in [-0.2, -0.15) is 0 Å². The normalized spacial score (nSPS) is 14.3. The van der Waals surface area contributed by atoms with Gasteiger partial charge in [0.05, 0.1) is 22.1 Å². The number of nitrogens with one attached hydrogen (secondary N) is 1. The molecule has 0 aliphatic heterocycles. The van der Waals surface area contributed by atoms with Crippen molar-refractivity contribution in [3.8, 4) is 0 Å². The summed E-state index contributed by atoms with van der Waals surface area (Å²) in [6.45, 7) is 6.00. The average molecular weight is 388 g/mol. The molecule has 28 heavy (non-hydrogen) atoms. The molecule has 1 N–H and O–H groups in total. The standard InChI is InChI=1S/C25H25NOS/c1-3-25(28(27)23-17-14-20(2)15-18-23)24(26-22-12-8-5-9-13-22)19-16-21-10-6-4-7-11-21/h3-19,24-26H,1H2,2H3/b19-16+/t24-,25-,28-/m0/s1. The van der Waals surface area contributed by atoms with Crippen molar-refractivity contribution < 1.29 is 4.21 Å². The Morgan fingerprint density at radius 2 is 1.50 bits per heavy atom. The van der Waals surface area contributed by atoms with Crippen molar-refractivity contribution in [2.24, 2.45) is 0 Å². The quantitative estimate of drug-likeness (QED) is 0.491. The summed E-state index contributed by atoms with van der Waals surface area (Å²) < 4.78 is 13.3. The molecule has 0 radical (unpaired) electrons. The Morgan fingerprint density at radius 3 is 2.11 bits per heavy atom. The molecular formula is C25H25NOS. The molecule has 0 bridgehead atoms. The second-order valence-corrected chi connectivity index (χ2v) is 8.23. The first-order valence-corrected chi connectivity index (χ1v) is 10.5. The molecule has 3 atom stereocenters. The fourth-order valence-electron chi connectivity index (χ4n) is 2.94. The molecule has 0 fully saturated rings. The predicted molar refractivity (Wildman–Crippen MR) is 121 cm³/mol. The van der Waals surface area contributed by atoms with E-state index in [-0.39, 0.29) is 11.3 Å². The molecular weight excluding hydrogens is 362 g/mol. The van der Waals surface area contributed by atoms with Crippen LogP contribution >= 0.6 is 0 Å². The second kappa shape index (κ2) is 9.86. The minimum atomic E-state index is -1.22. The van der Waals surface area contributed by atoms with E-state index in [0.717, 1.165) is 21.7 Å². The Morgan fingerprint density at radius 1 is 0.893 bits per heavy atom. The molecule has 142 valence electrons. The van der Waals surface area contributed by atoms with Crippen LogP contribution in [0.5, 0.6) is 0 Å². The second-order valence-electron chi connectivity index (χ2n) is 6.62. The molecule has 3 aromatic carbocycles. The fraction of sp³-hybridized carbons (Fsp3) is 0.120. The highest BCUT2D eigenvalue weighted by Crippen LogP contribution is 2.20. The Balaban J connectivity index is 1.90. The maximum Gasteiger partial charge on any atom is 0.0809 e. The number of aryl methyl sites for hydroxylation is 1. The van der Waals surface area contributed by atoms with Gasteiger partial charge in [0.15, 0.2) is 0 Å². The Labute approximate surface area is 170 Å². The van der Waals surface area contributed by atoms with Crippen LogP contribution in [0.25, 0.3) is 6.08 Å².